The Labute approximate surface area is 102 Å². The van der Waals surface area contributed by atoms with E-state index in [0.29, 0.717) is 12.5 Å². The summed E-state index contributed by atoms with van der Waals surface area (Å²) in [6.45, 7) is 2.88. The Kier molecular flexibility index (Phi) is 3.79. The van der Waals surface area contributed by atoms with E-state index in [-0.39, 0.29) is 18.4 Å². The normalized spacial score (nSPS) is 22.2. The Hall–Kier alpha value is -1.35. The second-order valence-electron chi connectivity index (χ2n) is 4.84. The van der Waals surface area contributed by atoms with Crippen molar-refractivity contribution < 1.29 is 9.90 Å². The maximum absolute atomic E-state index is 11.6. The minimum absolute atomic E-state index is 0.0799. The van der Waals surface area contributed by atoms with E-state index in [1.54, 1.807) is 0 Å². The minimum atomic E-state index is 0.0799. The van der Waals surface area contributed by atoms with Gasteiger partial charge in [-0.15, -0.1) is 0 Å². The van der Waals surface area contributed by atoms with Crippen molar-refractivity contribution in [2.45, 2.75) is 26.4 Å². The molecular weight excluding hydrogens is 214 g/mol. The Morgan fingerprint density at radius 3 is 2.47 bits per heavy atom. The number of hydrogen-bond acceptors (Lipinski definition) is 2. The summed E-state index contributed by atoms with van der Waals surface area (Å²) in [6, 6.07) is 7.83. The lowest BCUT2D eigenvalue weighted by Gasteiger charge is -2.05. The van der Waals surface area contributed by atoms with Crippen LogP contribution in [0.3, 0.4) is 0 Å². The van der Waals surface area contributed by atoms with Gasteiger partial charge in [-0.05, 0) is 29.9 Å². The average molecular weight is 233 g/mol. The molecule has 0 saturated heterocycles. The van der Waals surface area contributed by atoms with Gasteiger partial charge in [0.05, 0.1) is 6.61 Å². The molecule has 0 radical (unpaired) electrons. The molecule has 1 aromatic rings. The first-order chi connectivity index (χ1) is 8.20. The summed E-state index contributed by atoms with van der Waals surface area (Å²) in [5.74, 6) is 1.02. The van der Waals surface area contributed by atoms with E-state index in [9.17, 15) is 4.79 Å². The molecule has 17 heavy (non-hydrogen) atoms. The van der Waals surface area contributed by atoms with E-state index in [1.807, 2.05) is 24.3 Å². The molecule has 0 aromatic heterocycles. The molecule has 1 saturated carbocycles. The molecule has 2 atom stereocenters. The van der Waals surface area contributed by atoms with Gasteiger partial charge in [-0.2, -0.15) is 0 Å². The molecule has 0 bridgehead atoms. The quantitative estimate of drug-likeness (QED) is 0.809. The molecule has 1 amide bonds. The predicted octanol–water partition coefficient (Wildman–Crippen LogP) is 1.49. The lowest BCUT2D eigenvalue weighted by atomic mass is 10.1. The number of aliphatic hydroxyl groups excluding tert-OH is 1. The van der Waals surface area contributed by atoms with Crippen LogP contribution < -0.4 is 5.32 Å². The van der Waals surface area contributed by atoms with Crippen molar-refractivity contribution in [2.75, 3.05) is 6.54 Å². The lowest BCUT2D eigenvalue weighted by molar-refractivity contribution is -0.122. The highest BCUT2D eigenvalue weighted by molar-refractivity contribution is 5.81. The smallest absolute Gasteiger partial charge is 0.223 e. The number of benzene rings is 1. The molecule has 2 unspecified atom stereocenters. The molecule has 2 rings (SSSR count). The number of carbonyl (C=O) groups excluding carboxylic acids is 1. The fraction of sp³-hybridized carbons (Fsp3) is 0.500. The highest BCUT2D eigenvalue weighted by Gasteiger charge is 2.38. The van der Waals surface area contributed by atoms with Gasteiger partial charge in [0, 0.05) is 12.5 Å². The summed E-state index contributed by atoms with van der Waals surface area (Å²) in [6.07, 6.45) is 1.88. The van der Waals surface area contributed by atoms with Crippen LogP contribution in [0.2, 0.25) is 0 Å². The number of nitrogens with one attached hydrogen (secondary N) is 1. The van der Waals surface area contributed by atoms with Crippen LogP contribution in [-0.4, -0.2) is 17.6 Å². The maximum atomic E-state index is 11.6. The molecule has 0 aliphatic heterocycles. The van der Waals surface area contributed by atoms with Gasteiger partial charge in [0.25, 0.3) is 0 Å². The summed E-state index contributed by atoms with van der Waals surface area (Å²) in [5, 5.41) is 11.9. The molecule has 3 heteroatoms. The van der Waals surface area contributed by atoms with Crippen LogP contribution in [0, 0.1) is 11.8 Å². The van der Waals surface area contributed by atoms with Crippen LogP contribution >= 0.6 is 0 Å². The van der Waals surface area contributed by atoms with Gasteiger partial charge in [0.1, 0.15) is 0 Å². The van der Waals surface area contributed by atoms with Gasteiger partial charge in [0.2, 0.25) is 5.91 Å². The van der Waals surface area contributed by atoms with E-state index in [2.05, 4.69) is 12.2 Å². The van der Waals surface area contributed by atoms with E-state index in [0.717, 1.165) is 18.4 Å². The number of amides is 1. The molecule has 0 spiro atoms. The summed E-state index contributed by atoms with van der Waals surface area (Å²) in [7, 11) is 0. The molecule has 1 aromatic carbocycles. The highest BCUT2D eigenvalue weighted by atomic mass is 16.3. The average Bonchev–Trinajstić information content (AvgIpc) is 3.07. The van der Waals surface area contributed by atoms with Crippen molar-refractivity contribution in [1.82, 2.24) is 5.32 Å². The number of hydrogen-bond donors (Lipinski definition) is 2. The van der Waals surface area contributed by atoms with E-state index < -0.39 is 0 Å². The number of rotatable bonds is 5. The van der Waals surface area contributed by atoms with Crippen LogP contribution in [0.5, 0.6) is 0 Å². The van der Waals surface area contributed by atoms with Crippen molar-refractivity contribution in [3.63, 3.8) is 0 Å². The van der Waals surface area contributed by atoms with Crippen molar-refractivity contribution in [1.29, 1.82) is 0 Å². The van der Waals surface area contributed by atoms with Gasteiger partial charge in [-0.3, -0.25) is 4.79 Å². The van der Waals surface area contributed by atoms with Gasteiger partial charge in [0.15, 0.2) is 0 Å². The second-order valence-corrected chi connectivity index (χ2v) is 4.84. The fourth-order valence-electron chi connectivity index (χ4n) is 1.96. The third-order valence-electron chi connectivity index (χ3n) is 3.36. The van der Waals surface area contributed by atoms with E-state index in [4.69, 9.17) is 5.11 Å². The Morgan fingerprint density at radius 2 is 1.94 bits per heavy atom. The van der Waals surface area contributed by atoms with Crippen LogP contribution in [-0.2, 0) is 17.8 Å². The summed E-state index contributed by atoms with van der Waals surface area (Å²) in [5.41, 5.74) is 2.11. The van der Waals surface area contributed by atoms with Crippen molar-refractivity contribution in [2.24, 2.45) is 11.8 Å². The van der Waals surface area contributed by atoms with Crippen molar-refractivity contribution in [3.8, 4) is 0 Å². The van der Waals surface area contributed by atoms with Gasteiger partial charge in [-0.1, -0.05) is 31.2 Å². The zero-order valence-electron chi connectivity index (χ0n) is 10.1. The molecule has 1 fully saturated rings. The molecule has 1 aliphatic rings. The summed E-state index contributed by atoms with van der Waals surface area (Å²) >= 11 is 0. The molecule has 1 aliphatic carbocycles. The minimum Gasteiger partial charge on any atom is -0.392 e. The fourth-order valence-corrected chi connectivity index (χ4v) is 1.96. The predicted molar refractivity (Wildman–Crippen MR) is 66.3 cm³/mol. The largest absolute Gasteiger partial charge is 0.392 e. The Balaban J connectivity index is 1.72. The van der Waals surface area contributed by atoms with E-state index in [1.165, 1.54) is 5.56 Å². The molecular formula is C14H19NO2. The van der Waals surface area contributed by atoms with Gasteiger partial charge < -0.3 is 10.4 Å². The first-order valence-corrected chi connectivity index (χ1v) is 6.17. The number of carbonyl (C=O) groups is 1. The summed E-state index contributed by atoms with van der Waals surface area (Å²) < 4.78 is 0. The second kappa shape index (κ2) is 5.32. The first kappa shape index (κ1) is 12.1. The lowest BCUT2D eigenvalue weighted by Crippen LogP contribution is -2.27. The maximum Gasteiger partial charge on any atom is 0.223 e. The standard InChI is InChI=1S/C14H19NO2/c1-10-8-13(10)14(17)15-7-6-11-2-4-12(9-16)5-3-11/h2-5,10,13,16H,6-9H2,1H3,(H,15,17). The Bertz CT molecular complexity index is 386. The van der Waals surface area contributed by atoms with Crippen molar-refractivity contribution >= 4 is 5.91 Å². The van der Waals surface area contributed by atoms with Crippen LogP contribution in [0.1, 0.15) is 24.5 Å². The molecule has 92 valence electrons. The van der Waals surface area contributed by atoms with E-state index >= 15 is 0 Å². The zero-order chi connectivity index (χ0) is 12.3. The Morgan fingerprint density at radius 1 is 1.35 bits per heavy atom. The topological polar surface area (TPSA) is 49.3 Å². The SMILES string of the molecule is CC1CC1C(=O)NCCc1ccc(CO)cc1. The molecule has 3 nitrogen and oxygen atoms in total. The van der Waals surface area contributed by atoms with Gasteiger partial charge in [-0.25, -0.2) is 0 Å². The van der Waals surface area contributed by atoms with Crippen molar-refractivity contribution in [3.05, 3.63) is 35.4 Å². The first-order valence-electron chi connectivity index (χ1n) is 6.17. The third kappa shape index (κ3) is 3.30. The van der Waals surface area contributed by atoms with Gasteiger partial charge >= 0.3 is 0 Å². The zero-order valence-corrected chi connectivity index (χ0v) is 10.1. The third-order valence-corrected chi connectivity index (χ3v) is 3.36. The van der Waals surface area contributed by atoms with Crippen LogP contribution in [0.4, 0.5) is 0 Å². The molecule has 2 N–H and O–H groups in total. The number of aliphatic hydroxyl groups is 1. The monoisotopic (exact) mass is 233 g/mol. The molecule has 0 heterocycles. The summed E-state index contributed by atoms with van der Waals surface area (Å²) in [4.78, 5) is 11.6. The van der Waals surface area contributed by atoms with Crippen LogP contribution in [0.15, 0.2) is 24.3 Å². The van der Waals surface area contributed by atoms with Crippen LogP contribution in [0.25, 0.3) is 0 Å². The highest BCUT2D eigenvalue weighted by Crippen LogP contribution is 2.37.